The topological polar surface area (TPSA) is 54.5 Å². The molecular weight excluding hydrogens is 280 g/mol. The van der Waals surface area contributed by atoms with Crippen molar-refractivity contribution >= 4 is 27.0 Å². The van der Waals surface area contributed by atoms with Crippen molar-refractivity contribution in [3.8, 4) is 11.5 Å². The van der Waals surface area contributed by atoms with Crippen LogP contribution in [0.25, 0.3) is 22.6 Å². The van der Waals surface area contributed by atoms with Gasteiger partial charge < -0.3 is 4.98 Å². The van der Waals surface area contributed by atoms with Crippen LogP contribution in [0.3, 0.4) is 0 Å². The Bertz CT molecular complexity index is 673. The predicted molar refractivity (Wildman–Crippen MR) is 69.6 cm³/mol. The predicted octanol–water partition coefficient (Wildman–Crippen LogP) is 3.09. The fraction of sp³-hybridized carbons (Fsp3) is 0.0833. The number of halogens is 1. The molecule has 0 spiro atoms. The highest BCUT2D eigenvalue weighted by Gasteiger charge is 2.08. The van der Waals surface area contributed by atoms with Gasteiger partial charge in [-0.2, -0.15) is 0 Å². The molecule has 2 aromatic heterocycles. The first-order valence-electron chi connectivity index (χ1n) is 5.17. The molecule has 0 unspecified atom stereocenters. The molecule has 2 heterocycles. The fourth-order valence-electron chi connectivity index (χ4n) is 1.63. The fourth-order valence-corrected chi connectivity index (χ4v) is 2.09. The molecule has 5 heteroatoms. The number of aromatic amines is 1. The van der Waals surface area contributed by atoms with Gasteiger partial charge in [0.1, 0.15) is 11.2 Å². The van der Waals surface area contributed by atoms with E-state index in [9.17, 15) is 0 Å². The second-order valence-corrected chi connectivity index (χ2v) is 4.62. The van der Waals surface area contributed by atoms with E-state index in [1.807, 2.05) is 25.1 Å². The summed E-state index contributed by atoms with van der Waals surface area (Å²) < 4.78 is 0.970. The number of H-pyrrole nitrogens is 1. The van der Waals surface area contributed by atoms with Crippen LogP contribution in [-0.4, -0.2) is 19.9 Å². The molecule has 3 rings (SSSR count). The number of aryl methyl sites for hydroxylation is 1. The molecule has 0 atom stereocenters. The molecule has 0 aliphatic heterocycles. The smallest absolute Gasteiger partial charge is 0.158 e. The van der Waals surface area contributed by atoms with Gasteiger partial charge in [-0.1, -0.05) is 6.07 Å². The molecule has 0 amide bonds. The van der Waals surface area contributed by atoms with Crippen molar-refractivity contribution in [1.82, 2.24) is 19.9 Å². The lowest BCUT2D eigenvalue weighted by Gasteiger charge is -1.94. The third kappa shape index (κ3) is 1.82. The Kier molecular flexibility index (Phi) is 2.40. The van der Waals surface area contributed by atoms with Crippen LogP contribution in [0, 0.1) is 6.92 Å². The maximum absolute atomic E-state index is 4.51. The molecule has 0 bridgehead atoms. The van der Waals surface area contributed by atoms with E-state index in [2.05, 4.69) is 35.9 Å². The summed E-state index contributed by atoms with van der Waals surface area (Å²) in [5.74, 6) is 0.736. The molecule has 0 aliphatic carbocycles. The Morgan fingerprint density at radius 1 is 1.18 bits per heavy atom. The number of imidazole rings is 1. The number of fused-ring (bicyclic) bond motifs is 1. The average molecular weight is 289 g/mol. The Hall–Kier alpha value is -1.75. The number of aromatic nitrogens is 4. The van der Waals surface area contributed by atoms with Crippen molar-refractivity contribution in [1.29, 1.82) is 0 Å². The minimum atomic E-state index is 0.736. The highest BCUT2D eigenvalue weighted by molar-refractivity contribution is 9.10. The third-order valence-corrected chi connectivity index (χ3v) is 3.13. The molecule has 0 saturated carbocycles. The van der Waals surface area contributed by atoms with Crippen LogP contribution < -0.4 is 0 Å². The summed E-state index contributed by atoms with van der Waals surface area (Å²) in [5, 5.41) is 0. The number of para-hydroxylation sites is 1. The molecule has 1 N–H and O–H groups in total. The quantitative estimate of drug-likeness (QED) is 0.749. The third-order valence-electron chi connectivity index (χ3n) is 2.49. The van der Waals surface area contributed by atoms with Crippen molar-refractivity contribution in [2.45, 2.75) is 6.92 Å². The van der Waals surface area contributed by atoms with E-state index in [4.69, 9.17) is 0 Å². The van der Waals surface area contributed by atoms with E-state index in [0.717, 1.165) is 32.7 Å². The van der Waals surface area contributed by atoms with Crippen LogP contribution in [0.2, 0.25) is 0 Å². The van der Waals surface area contributed by atoms with Gasteiger partial charge in [0.15, 0.2) is 5.82 Å². The van der Waals surface area contributed by atoms with Gasteiger partial charge in [-0.05, 0) is 35.0 Å². The van der Waals surface area contributed by atoms with Crippen LogP contribution in [0.1, 0.15) is 5.69 Å². The Labute approximate surface area is 106 Å². The SMILES string of the molecule is Cc1cnc(-c2nc3c(Br)cccc3[nH]2)cn1. The standard InChI is InChI=1S/C12H9BrN4/c1-7-5-15-10(6-14-7)12-16-9-4-2-3-8(13)11(9)17-12/h2-6H,1H3,(H,16,17). The first-order valence-corrected chi connectivity index (χ1v) is 5.96. The van der Waals surface area contributed by atoms with Crippen molar-refractivity contribution in [3.05, 3.63) is 40.8 Å². The first-order chi connectivity index (χ1) is 8.24. The highest BCUT2D eigenvalue weighted by atomic mass is 79.9. The van der Waals surface area contributed by atoms with E-state index in [1.165, 1.54) is 0 Å². The lowest BCUT2D eigenvalue weighted by molar-refractivity contribution is 1.10. The zero-order valence-electron chi connectivity index (χ0n) is 9.11. The van der Waals surface area contributed by atoms with E-state index in [0.29, 0.717) is 0 Å². The minimum Gasteiger partial charge on any atom is -0.337 e. The summed E-state index contributed by atoms with van der Waals surface area (Å²) in [6.07, 6.45) is 3.46. The summed E-state index contributed by atoms with van der Waals surface area (Å²) in [6, 6.07) is 5.92. The molecule has 1 aromatic carbocycles. The maximum Gasteiger partial charge on any atom is 0.158 e. The molecule has 0 radical (unpaired) electrons. The summed E-state index contributed by atoms with van der Waals surface area (Å²) >= 11 is 3.48. The van der Waals surface area contributed by atoms with Gasteiger partial charge in [-0.15, -0.1) is 0 Å². The maximum atomic E-state index is 4.51. The number of hydrogen-bond donors (Lipinski definition) is 1. The summed E-state index contributed by atoms with van der Waals surface area (Å²) in [6.45, 7) is 1.91. The number of hydrogen-bond acceptors (Lipinski definition) is 3. The van der Waals surface area contributed by atoms with Gasteiger partial charge in [-0.25, -0.2) is 9.97 Å². The van der Waals surface area contributed by atoms with Crippen LogP contribution >= 0.6 is 15.9 Å². The number of rotatable bonds is 1. The van der Waals surface area contributed by atoms with Crippen molar-refractivity contribution in [2.24, 2.45) is 0 Å². The van der Waals surface area contributed by atoms with Crippen molar-refractivity contribution < 1.29 is 0 Å². The zero-order chi connectivity index (χ0) is 11.8. The minimum absolute atomic E-state index is 0.736. The first kappa shape index (κ1) is 10.4. The zero-order valence-corrected chi connectivity index (χ0v) is 10.7. The van der Waals surface area contributed by atoms with Crippen molar-refractivity contribution in [3.63, 3.8) is 0 Å². The number of benzene rings is 1. The summed E-state index contributed by atoms with van der Waals surface area (Å²) in [4.78, 5) is 16.3. The van der Waals surface area contributed by atoms with Crippen molar-refractivity contribution in [2.75, 3.05) is 0 Å². The molecule has 0 aliphatic rings. The lowest BCUT2D eigenvalue weighted by atomic mass is 10.3. The normalized spacial score (nSPS) is 10.9. The lowest BCUT2D eigenvalue weighted by Crippen LogP contribution is -1.89. The molecule has 0 fully saturated rings. The summed E-state index contributed by atoms with van der Waals surface area (Å²) in [7, 11) is 0. The van der Waals surface area contributed by atoms with E-state index in [1.54, 1.807) is 12.4 Å². The Morgan fingerprint density at radius 2 is 2.06 bits per heavy atom. The van der Waals surface area contributed by atoms with Gasteiger partial charge in [0.25, 0.3) is 0 Å². The van der Waals surface area contributed by atoms with Crippen LogP contribution in [-0.2, 0) is 0 Å². The molecule has 0 saturated heterocycles. The monoisotopic (exact) mass is 288 g/mol. The van der Waals surface area contributed by atoms with Gasteiger partial charge in [0, 0.05) is 10.7 Å². The molecule has 3 aromatic rings. The Morgan fingerprint density at radius 3 is 2.76 bits per heavy atom. The van der Waals surface area contributed by atoms with Crippen LogP contribution in [0.5, 0.6) is 0 Å². The van der Waals surface area contributed by atoms with Crippen LogP contribution in [0.15, 0.2) is 35.1 Å². The number of nitrogens with zero attached hydrogens (tertiary/aromatic N) is 3. The summed E-state index contributed by atoms with van der Waals surface area (Å²) in [5.41, 5.74) is 3.53. The molecule has 17 heavy (non-hydrogen) atoms. The van der Waals surface area contributed by atoms with Gasteiger partial charge in [0.2, 0.25) is 0 Å². The number of nitrogens with one attached hydrogen (secondary N) is 1. The molecule has 84 valence electrons. The van der Waals surface area contributed by atoms with Gasteiger partial charge in [0.05, 0.1) is 17.4 Å². The second-order valence-electron chi connectivity index (χ2n) is 3.76. The van der Waals surface area contributed by atoms with E-state index in [-0.39, 0.29) is 0 Å². The molecular formula is C12H9BrN4. The van der Waals surface area contributed by atoms with E-state index >= 15 is 0 Å². The highest BCUT2D eigenvalue weighted by Crippen LogP contribution is 2.24. The largest absolute Gasteiger partial charge is 0.337 e. The van der Waals surface area contributed by atoms with E-state index < -0.39 is 0 Å². The van der Waals surface area contributed by atoms with Gasteiger partial charge >= 0.3 is 0 Å². The van der Waals surface area contributed by atoms with Gasteiger partial charge in [-0.3, -0.25) is 4.98 Å². The second kappa shape index (κ2) is 3.92. The Balaban J connectivity index is 2.18. The van der Waals surface area contributed by atoms with Crippen LogP contribution in [0.4, 0.5) is 0 Å². The molecule has 4 nitrogen and oxygen atoms in total. The average Bonchev–Trinajstić information content (AvgIpc) is 2.75.